The molecule has 0 spiro atoms. The molecule has 0 saturated heterocycles. The maximum absolute atomic E-state index is 11.9. The molecule has 1 N–H and O–H groups in total. The fraction of sp³-hybridized carbons (Fsp3) is 0.758. The molecule has 1 aliphatic rings. The van der Waals surface area contributed by atoms with Crippen LogP contribution in [-0.4, -0.2) is 68.7 Å². The minimum absolute atomic E-state index is 0.0779. The number of aliphatic hydroxyl groups is 1. The molecule has 0 aliphatic carbocycles. The molecule has 0 radical (unpaired) electrons. The van der Waals surface area contributed by atoms with E-state index in [0.29, 0.717) is 54.6 Å². The summed E-state index contributed by atoms with van der Waals surface area (Å²) >= 11 is 0. The molecule has 1 amide bonds. The molecule has 0 aromatic carbocycles. The van der Waals surface area contributed by atoms with Crippen LogP contribution in [0.3, 0.4) is 0 Å². The monoisotopic (exact) mass is 609 g/mol. The maximum Gasteiger partial charge on any atom is 0.435 e. The lowest BCUT2D eigenvalue weighted by molar-refractivity contribution is -0.114. The first kappa shape index (κ1) is 40.1. The zero-order chi connectivity index (χ0) is 33.7. The van der Waals surface area contributed by atoms with Gasteiger partial charge in [0.1, 0.15) is 11.2 Å². The molecule has 1 aromatic rings. The number of ether oxygens (including phenoxy) is 3. The van der Waals surface area contributed by atoms with E-state index in [9.17, 15) is 14.4 Å². The standard InChI is InChI=1S/C16H28N2O3.C9H13NO3.C8H18O/c1-11(2)13(12(3)4)10-20-14-8-9-18(17-14)15(19)21-16(5,6)7;1-9(2,3)13-8(12)10-5-4-7(11)6-10;1-6(2)8(5-9)7(3)4/h8-9,11-13H,10H2,1-7H3;4-5H,6H2,1-3H3;6-9H,5H2,1-4H3. The summed E-state index contributed by atoms with van der Waals surface area (Å²) in [6, 6.07) is 1.68. The number of hydrogen-bond donors (Lipinski definition) is 1. The van der Waals surface area contributed by atoms with Crippen LogP contribution in [0.2, 0.25) is 0 Å². The summed E-state index contributed by atoms with van der Waals surface area (Å²) in [6.07, 6.45) is 3.39. The number of ketones is 1. The second kappa shape index (κ2) is 18.0. The van der Waals surface area contributed by atoms with Crippen molar-refractivity contribution in [1.29, 1.82) is 0 Å². The first-order chi connectivity index (χ1) is 19.6. The van der Waals surface area contributed by atoms with Crippen LogP contribution in [-0.2, 0) is 14.3 Å². The number of rotatable bonds is 8. The normalized spacial score (nSPS) is 13.5. The van der Waals surface area contributed by atoms with Crippen LogP contribution in [0.5, 0.6) is 5.88 Å². The molecule has 10 heteroatoms. The molecule has 0 atom stereocenters. The van der Waals surface area contributed by atoms with Crippen LogP contribution in [0.1, 0.15) is 96.9 Å². The Morgan fingerprint density at radius 2 is 1.30 bits per heavy atom. The lowest BCUT2D eigenvalue weighted by Crippen LogP contribution is -2.33. The van der Waals surface area contributed by atoms with Crippen molar-refractivity contribution in [3.05, 3.63) is 24.5 Å². The number of aromatic nitrogens is 2. The van der Waals surface area contributed by atoms with Crippen molar-refractivity contribution in [2.75, 3.05) is 19.8 Å². The highest BCUT2D eigenvalue weighted by Gasteiger charge is 2.25. The Kier molecular flexibility index (Phi) is 16.8. The van der Waals surface area contributed by atoms with Crippen LogP contribution >= 0.6 is 0 Å². The number of hydrogen-bond acceptors (Lipinski definition) is 8. The third-order valence-corrected chi connectivity index (χ3v) is 6.60. The molecule has 1 aliphatic heterocycles. The number of carbonyl (C=O) groups excluding carboxylic acids is 3. The molecule has 0 unspecified atom stereocenters. The first-order valence-electron chi connectivity index (χ1n) is 15.3. The summed E-state index contributed by atoms with van der Waals surface area (Å²) in [7, 11) is 0. The van der Waals surface area contributed by atoms with E-state index in [-0.39, 0.29) is 12.3 Å². The number of aliphatic hydroxyl groups excluding tert-OH is 1. The maximum atomic E-state index is 11.9. The van der Waals surface area contributed by atoms with Crippen molar-refractivity contribution in [3.8, 4) is 5.88 Å². The predicted molar refractivity (Wildman–Crippen MR) is 170 cm³/mol. The van der Waals surface area contributed by atoms with Crippen LogP contribution in [0.25, 0.3) is 0 Å². The summed E-state index contributed by atoms with van der Waals surface area (Å²) in [6.45, 7) is 29.2. The van der Waals surface area contributed by atoms with Gasteiger partial charge in [-0.05, 0) is 83.1 Å². The van der Waals surface area contributed by atoms with E-state index < -0.39 is 23.4 Å². The van der Waals surface area contributed by atoms with E-state index in [0.717, 1.165) is 0 Å². The first-order valence-corrected chi connectivity index (χ1v) is 15.3. The number of nitrogens with zero attached hydrogens (tertiary/aromatic N) is 3. The Hall–Kier alpha value is -2.88. The van der Waals surface area contributed by atoms with E-state index >= 15 is 0 Å². The van der Waals surface area contributed by atoms with Crippen molar-refractivity contribution in [2.24, 2.45) is 35.5 Å². The largest absolute Gasteiger partial charge is 0.476 e. The summed E-state index contributed by atoms with van der Waals surface area (Å²) in [5.41, 5.74) is -1.05. The van der Waals surface area contributed by atoms with Crippen LogP contribution in [0.15, 0.2) is 24.5 Å². The van der Waals surface area contributed by atoms with Crippen LogP contribution in [0.4, 0.5) is 9.59 Å². The highest BCUT2D eigenvalue weighted by molar-refractivity contribution is 5.96. The van der Waals surface area contributed by atoms with Crippen molar-refractivity contribution < 1.29 is 33.7 Å². The van der Waals surface area contributed by atoms with Gasteiger partial charge in [0.05, 0.1) is 13.2 Å². The molecule has 2 rings (SSSR count). The van der Waals surface area contributed by atoms with Gasteiger partial charge in [-0.1, -0.05) is 55.4 Å². The van der Waals surface area contributed by atoms with E-state index in [1.807, 2.05) is 20.8 Å². The third kappa shape index (κ3) is 17.1. The van der Waals surface area contributed by atoms with Gasteiger partial charge in [-0.15, -0.1) is 5.10 Å². The smallest absolute Gasteiger partial charge is 0.435 e. The highest BCUT2D eigenvalue weighted by atomic mass is 16.6. The van der Waals surface area contributed by atoms with Gasteiger partial charge in [0.25, 0.3) is 0 Å². The average molecular weight is 610 g/mol. The summed E-state index contributed by atoms with van der Waals surface area (Å²) in [4.78, 5) is 35.2. The fourth-order valence-corrected chi connectivity index (χ4v) is 4.21. The van der Waals surface area contributed by atoms with Crippen molar-refractivity contribution in [3.63, 3.8) is 0 Å². The minimum atomic E-state index is -0.537. The molecular weight excluding hydrogens is 550 g/mol. The number of amides is 1. The second-order valence-electron chi connectivity index (χ2n) is 14.3. The van der Waals surface area contributed by atoms with Crippen LogP contribution in [0, 0.1) is 35.5 Å². The van der Waals surface area contributed by atoms with Gasteiger partial charge in [-0.3, -0.25) is 9.69 Å². The zero-order valence-corrected chi connectivity index (χ0v) is 29.1. The molecular formula is C33H59N3O7. The van der Waals surface area contributed by atoms with Gasteiger partial charge < -0.3 is 19.3 Å². The summed E-state index contributed by atoms with van der Waals surface area (Å²) in [5.74, 6) is 3.60. The van der Waals surface area contributed by atoms with Gasteiger partial charge in [-0.25, -0.2) is 9.59 Å². The Labute approximate surface area is 260 Å². The molecule has 0 bridgehead atoms. The lowest BCUT2D eigenvalue weighted by Gasteiger charge is -2.24. The molecule has 43 heavy (non-hydrogen) atoms. The SMILES string of the molecule is CC(C)(C)OC(=O)N1C=CC(=O)C1.CC(C)C(CO)C(C)C.CC(C)C(COc1ccn(C(=O)OC(C)(C)C)n1)C(C)C. The van der Waals surface area contributed by atoms with E-state index in [2.05, 4.69) is 60.5 Å². The van der Waals surface area contributed by atoms with Crippen molar-refractivity contribution >= 4 is 18.0 Å². The quantitative estimate of drug-likeness (QED) is 0.329. The van der Waals surface area contributed by atoms with Crippen molar-refractivity contribution in [1.82, 2.24) is 14.7 Å². The van der Waals surface area contributed by atoms with Gasteiger partial charge in [0, 0.05) is 25.1 Å². The van der Waals surface area contributed by atoms with Gasteiger partial charge >= 0.3 is 12.2 Å². The molecule has 0 saturated carbocycles. The molecule has 0 fully saturated rings. The third-order valence-electron chi connectivity index (χ3n) is 6.60. The van der Waals surface area contributed by atoms with E-state index in [1.165, 1.54) is 21.9 Å². The second-order valence-corrected chi connectivity index (χ2v) is 14.3. The van der Waals surface area contributed by atoms with Gasteiger partial charge in [0.15, 0.2) is 5.78 Å². The molecule has 2 heterocycles. The predicted octanol–water partition coefficient (Wildman–Crippen LogP) is 7.20. The van der Waals surface area contributed by atoms with Crippen molar-refractivity contribution in [2.45, 2.75) is 108 Å². The average Bonchev–Trinajstić information content (AvgIpc) is 3.47. The topological polar surface area (TPSA) is 120 Å². The molecule has 248 valence electrons. The lowest BCUT2D eigenvalue weighted by atomic mass is 9.86. The summed E-state index contributed by atoms with van der Waals surface area (Å²) < 4.78 is 17.2. The highest BCUT2D eigenvalue weighted by Crippen LogP contribution is 2.22. The Balaban J connectivity index is 0.000000682. The Morgan fingerprint density at radius 3 is 1.65 bits per heavy atom. The number of carbonyl (C=O) groups is 3. The van der Waals surface area contributed by atoms with Gasteiger partial charge in [-0.2, -0.15) is 4.68 Å². The Bertz CT molecular complexity index is 998. The summed E-state index contributed by atoms with van der Waals surface area (Å²) in [5, 5.41) is 13.0. The molecule has 1 aromatic heterocycles. The Morgan fingerprint density at radius 1 is 0.837 bits per heavy atom. The van der Waals surface area contributed by atoms with E-state index in [1.54, 1.807) is 33.0 Å². The fourth-order valence-electron chi connectivity index (χ4n) is 4.21. The van der Waals surface area contributed by atoms with Crippen LogP contribution < -0.4 is 4.74 Å². The van der Waals surface area contributed by atoms with E-state index in [4.69, 9.17) is 19.3 Å². The minimum Gasteiger partial charge on any atom is -0.476 e. The zero-order valence-electron chi connectivity index (χ0n) is 29.1. The van der Waals surface area contributed by atoms with Gasteiger partial charge in [0.2, 0.25) is 5.88 Å². The molecule has 10 nitrogen and oxygen atoms in total.